The molecule has 3 nitrogen and oxygen atoms in total. The minimum absolute atomic E-state index is 0.0237. The SMILES string of the molecule is CCCC(C)COc1cccc(Br)c1C(=N)N. The van der Waals surface area contributed by atoms with Crippen molar-refractivity contribution in [2.24, 2.45) is 11.7 Å². The van der Waals surface area contributed by atoms with E-state index in [1.54, 1.807) is 0 Å². The summed E-state index contributed by atoms with van der Waals surface area (Å²) in [6, 6.07) is 5.59. The van der Waals surface area contributed by atoms with Crippen LogP contribution < -0.4 is 10.5 Å². The van der Waals surface area contributed by atoms with Crippen molar-refractivity contribution in [1.29, 1.82) is 5.41 Å². The van der Waals surface area contributed by atoms with Crippen molar-refractivity contribution in [2.45, 2.75) is 26.7 Å². The van der Waals surface area contributed by atoms with Crippen LogP contribution in [0, 0.1) is 11.3 Å². The molecular formula is C13H19BrN2O. The van der Waals surface area contributed by atoms with Crippen molar-refractivity contribution in [3.63, 3.8) is 0 Å². The maximum Gasteiger partial charge on any atom is 0.131 e. The summed E-state index contributed by atoms with van der Waals surface area (Å²) >= 11 is 3.38. The van der Waals surface area contributed by atoms with E-state index >= 15 is 0 Å². The first-order chi connectivity index (χ1) is 8.06. The van der Waals surface area contributed by atoms with E-state index in [4.69, 9.17) is 15.9 Å². The van der Waals surface area contributed by atoms with E-state index in [0.717, 1.165) is 17.3 Å². The maximum absolute atomic E-state index is 7.55. The van der Waals surface area contributed by atoms with Crippen LogP contribution in [-0.4, -0.2) is 12.4 Å². The maximum atomic E-state index is 7.55. The van der Waals surface area contributed by atoms with Gasteiger partial charge in [-0.15, -0.1) is 0 Å². The number of amidine groups is 1. The minimum atomic E-state index is 0.0237. The Balaban J connectivity index is 2.77. The van der Waals surface area contributed by atoms with E-state index in [9.17, 15) is 0 Å². The molecule has 1 atom stereocenters. The predicted octanol–water partition coefficient (Wildman–Crippen LogP) is 3.55. The molecule has 0 aliphatic heterocycles. The first-order valence-electron chi connectivity index (χ1n) is 5.82. The Bertz CT molecular complexity index is 393. The molecule has 94 valence electrons. The molecule has 0 aliphatic carbocycles. The molecule has 0 amide bonds. The average molecular weight is 299 g/mol. The third-order valence-electron chi connectivity index (χ3n) is 2.55. The van der Waals surface area contributed by atoms with Crippen molar-refractivity contribution in [3.05, 3.63) is 28.2 Å². The van der Waals surface area contributed by atoms with Gasteiger partial charge in [0.1, 0.15) is 11.6 Å². The van der Waals surface area contributed by atoms with E-state index in [1.165, 1.54) is 0 Å². The largest absolute Gasteiger partial charge is 0.493 e. The summed E-state index contributed by atoms with van der Waals surface area (Å²) in [6.45, 7) is 4.98. The van der Waals surface area contributed by atoms with E-state index in [2.05, 4.69) is 29.8 Å². The standard InChI is InChI=1S/C13H19BrN2O/c1-3-5-9(2)8-17-11-7-4-6-10(14)12(11)13(15)16/h4,6-7,9H,3,5,8H2,1-2H3,(H3,15,16). The molecule has 0 aromatic heterocycles. The van der Waals surface area contributed by atoms with Gasteiger partial charge in [0.25, 0.3) is 0 Å². The zero-order chi connectivity index (χ0) is 12.8. The van der Waals surface area contributed by atoms with Crippen molar-refractivity contribution >= 4 is 21.8 Å². The van der Waals surface area contributed by atoms with Crippen LogP contribution in [0.2, 0.25) is 0 Å². The van der Waals surface area contributed by atoms with E-state index in [1.807, 2.05) is 18.2 Å². The van der Waals surface area contributed by atoms with Crippen LogP contribution in [0.1, 0.15) is 32.3 Å². The fraction of sp³-hybridized carbons (Fsp3) is 0.462. The fourth-order valence-electron chi connectivity index (χ4n) is 1.69. The monoisotopic (exact) mass is 298 g/mol. The third-order valence-corrected chi connectivity index (χ3v) is 3.21. The average Bonchev–Trinajstić information content (AvgIpc) is 2.26. The zero-order valence-electron chi connectivity index (χ0n) is 10.3. The quantitative estimate of drug-likeness (QED) is 0.623. The number of nitrogens with two attached hydrogens (primary N) is 1. The molecule has 0 radical (unpaired) electrons. The fourth-order valence-corrected chi connectivity index (χ4v) is 2.26. The van der Waals surface area contributed by atoms with Crippen molar-refractivity contribution in [1.82, 2.24) is 0 Å². The van der Waals surface area contributed by atoms with Gasteiger partial charge >= 0.3 is 0 Å². The number of ether oxygens (including phenoxy) is 1. The number of halogens is 1. The summed E-state index contributed by atoms with van der Waals surface area (Å²) in [5.74, 6) is 1.21. The smallest absolute Gasteiger partial charge is 0.131 e. The number of hydrogen-bond acceptors (Lipinski definition) is 2. The first kappa shape index (κ1) is 14.0. The summed E-state index contributed by atoms with van der Waals surface area (Å²) in [5, 5.41) is 7.55. The third kappa shape index (κ3) is 4.04. The molecule has 1 unspecified atom stereocenters. The van der Waals surface area contributed by atoms with Gasteiger partial charge < -0.3 is 10.5 Å². The second-order valence-corrected chi connectivity index (χ2v) is 5.09. The second-order valence-electron chi connectivity index (χ2n) is 4.23. The molecule has 1 aromatic carbocycles. The number of rotatable bonds is 6. The number of nitrogens with one attached hydrogen (secondary N) is 1. The summed E-state index contributed by atoms with van der Waals surface area (Å²) in [4.78, 5) is 0. The lowest BCUT2D eigenvalue weighted by Gasteiger charge is -2.15. The Labute approximate surface area is 111 Å². The molecule has 0 spiro atoms. The summed E-state index contributed by atoms with van der Waals surface area (Å²) in [7, 11) is 0. The molecule has 1 aromatic rings. The van der Waals surface area contributed by atoms with Crippen LogP contribution in [0.15, 0.2) is 22.7 Å². The van der Waals surface area contributed by atoms with Crippen LogP contribution >= 0.6 is 15.9 Å². The van der Waals surface area contributed by atoms with E-state index in [0.29, 0.717) is 23.8 Å². The van der Waals surface area contributed by atoms with Gasteiger partial charge in [-0.3, -0.25) is 5.41 Å². The molecule has 0 fully saturated rings. The van der Waals surface area contributed by atoms with Crippen LogP contribution in [0.25, 0.3) is 0 Å². The number of hydrogen-bond donors (Lipinski definition) is 2. The van der Waals surface area contributed by atoms with Gasteiger partial charge in [0, 0.05) is 4.47 Å². The molecule has 1 rings (SSSR count). The zero-order valence-corrected chi connectivity index (χ0v) is 11.9. The van der Waals surface area contributed by atoms with Crippen LogP contribution in [0.4, 0.5) is 0 Å². The first-order valence-corrected chi connectivity index (χ1v) is 6.61. The normalized spacial score (nSPS) is 12.2. The predicted molar refractivity (Wildman–Crippen MR) is 74.7 cm³/mol. The van der Waals surface area contributed by atoms with Gasteiger partial charge in [0.15, 0.2) is 0 Å². The minimum Gasteiger partial charge on any atom is -0.493 e. The summed E-state index contributed by atoms with van der Waals surface area (Å²) in [5.41, 5.74) is 6.19. The van der Waals surface area contributed by atoms with E-state index < -0.39 is 0 Å². The van der Waals surface area contributed by atoms with Gasteiger partial charge in [-0.1, -0.05) is 26.3 Å². The Kier molecular flexibility index (Phi) is 5.48. The molecule has 0 saturated carbocycles. The highest BCUT2D eigenvalue weighted by Crippen LogP contribution is 2.26. The Morgan fingerprint density at radius 1 is 1.53 bits per heavy atom. The number of nitrogen functional groups attached to an aromatic ring is 1. The highest BCUT2D eigenvalue weighted by atomic mass is 79.9. The second kappa shape index (κ2) is 6.64. The molecule has 0 aliphatic rings. The van der Waals surface area contributed by atoms with Crippen LogP contribution in [0.3, 0.4) is 0 Å². The summed E-state index contributed by atoms with van der Waals surface area (Å²) in [6.07, 6.45) is 2.30. The van der Waals surface area contributed by atoms with Gasteiger partial charge in [-0.2, -0.15) is 0 Å². The van der Waals surface area contributed by atoms with Gasteiger partial charge in [-0.05, 0) is 40.4 Å². The highest BCUT2D eigenvalue weighted by Gasteiger charge is 2.11. The topological polar surface area (TPSA) is 59.1 Å². The van der Waals surface area contributed by atoms with Crippen LogP contribution in [0.5, 0.6) is 5.75 Å². The van der Waals surface area contributed by atoms with Crippen molar-refractivity contribution in [3.8, 4) is 5.75 Å². The molecule has 4 heteroatoms. The van der Waals surface area contributed by atoms with Gasteiger partial charge in [0.05, 0.1) is 12.2 Å². The lowest BCUT2D eigenvalue weighted by Crippen LogP contribution is -2.16. The number of benzene rings is 1. The lowest BCUT2D eigenvalue weighted by molar-refractivity contribution is 0.251. The molecular weight excluding hydrogens is 280 g/mol. The lowest BCUT2D eigenvalue weighted by atomic mass is 10.1. The summed E-state index contributed by atoms with van der Waals surface area (Å²) < 4.78 is 6.54. The van der Waals surface area contributed by atoms with Crippen LogP contribution in [-0.2, 0) is 0 Å². The molecule has 3 N–H and O–H groups in total. The van der Waals surface area contributed by atoms with Crippen molar-refractivity contribution < 1.29 is 4.74 Å². The molecule has 17 heavy (non-hydrogen) atoms. The molecule has 0 saturated heterocycles. The Morgan fingerprint density at radius 3 is 2.82 bits per heavy atom. The molecule has 0 bridgehead atoms. The van der Waals surface area contributed by atoms with E-state index in [-0.39, 0.29) is 5.84 Å². The van der Waals surface area contributed by atoms with Gasteiger partial charge in [0.2, 0.25) is 0 Å². The molecule has 0 heterocycles. The highest BCUT2D eigenvalue weighted by molar-refractivity contribution is 9.10. The van der Waals surface area contributed by atoms with Crippen molar-refractivity contribution in [2.75, 3.05) is 6.61 Å². The Hall–Kier alpha value is -1.03. The van der Waals surface area contributed by atoms with Gasteiger partial charge in [-0.25, -0.2) is 0 Å². The Morgan fingerprint density at radius 2 is 2.24 bits per heavy atom.